The fraction of sp³-hybridized carbons (Fsp3) is 0.971. The van der Waals surface area contributed by atoms with E-state index in [1.54, 1.807) is 0 Å². The summed E-state index contributed by atoms with van der Waals surface area (Å²) in [5, 5.41) is 0. The standard InChI is InChI=1S/C35H71NO17/c36-2-5-39-7-9-41-11-13-43-15-17-45-19-21-47-23-25-49-27-29-51-31-33-53-35-34-52-32-30-50-28-26-48-24-22-46-20-18-44-16-14-42-12-10-40-8-6-38-4-1-3-37/h3H,1-2,4-36H2. The molecule has 2 N–H and O–H groups in total. The molecule has 0 heterocycles. The Balaban J connectivity index is 3.05. The van der Waals surface area contributed by atoms with E-state index in [2.05, 4.69) is 0 Å². The third kappa shape index (κ3) is 51.0. The highest BCUT2D eigenvalue weighted by molar-refractivity contribution is 5.49. The molecule has 0 spiro atoms. The Hall–Kier alpha value is -1.01. The van der Waals surface area contributed by atoms with Gasteiger partial charge in [0.1, 0.15) is 6.29 Å². The molecule has 0 unspecified atom stereocenters. The number of aldehydes is 1. The summed E-state index contributed by atoms with van der Waals surface area (Å²) >= 11 is 0. The van der Waals surface area contributed by atoms with Crippen LogP contribution in [0.5, 0.6) is 0 Å². The summed E-state index contributed by atoms with van der Waals surface area (Å²) in [5.41, 5.74) is 5.33. The Kier molecular flexibility index (Phi) is 50.0. The molecule has 0 radical (unpaired) electrons. The van der Waals surface area contributed by atoms with Crippen molar-refractivity contribution in [1.82, 2.24) is 0 Å². The lowest BCUT2D eigenvalue weighted by molar-refractivity contribution is -0.109. The number of carbonyl (C=O) groups excluding carboxylic acids is 1. The van der Waals surface area contributed by atoms with Crippen molar-refractivity contribution in [2.45, 2.75) is 6.42 Å². The van der Waals surface area contributed by atoms with Crippen LogP contribution in [0.3, 0.4) is 0 Å². The van der Waals surface area contributed by atoms with Crippen LogP contribution in [0.4, 0.5) is 0 Å². The van der Waals surface area contributed by atoms with E-state index in [9.17, 15) is 4.79 Å². The highest BCUT2D eigenvalue weighted by Gasteiger charge is 1.98. The summed E-state index contributed by atoms with van der Waals surface area (Å²) in [7, 11) is 0. The molecular weight excluding hydrogens is 706 g/mol. The molecule has 0 rings (SSSR count). The largest absolute Gasteiger partial charge is 0.379 e. The molecule has 53 heavy (non-hydrogen) atoms. The first-order valence-electron chi connectivity index (χ1n) is 18.8. The quantitative estimate of drug-likeness (QED) is 0.0631. The minimum Gasteiger partial charge on any atom is -0.379 e. The van der Waals surface area contributed by atoms with E-state index in [0.29, 0.717) is 224 Å². The first-order valence-corrected chi connectivity index (χ1v) is 18.8. The van der Waals surface area contributed by atoms with Gasteiger partial charge in [0.25, 0.3) is 0 Å². The fourth-order valence-electron chi connectivity index (χ4n) is 3.62. The Labute approximate surface area is 316 Å². The molecule has 18 nitrogen and oxygen atoms in total. The van der Waals surface area contributed by atoms with Gasteiger partial charge in [-0.05, 0) is 0 Å². The lowest BCUT2D eigenvalue weighted by atomic mass is 10.5. The van der Waals surface area contributed by atoms with Gasteiger partial charge >= 0.3 is 0 Å². The molecule has 318 valence electrons. The number of ether oxygens (including phenoxy) is 16. The summed E-state index contributed by atoms with van der Waals surface area (Å²) in [6.45, 7) is 16.6. The van der Waals surface area contributed by atoms with Gasteiger partial charge < -0.3 is 86.3 Å². The van der Waals surface area contributed by atoms with Crippen molar-refractivity contribution in [2.24, 2.45) is 5.73 Å². The third-order valence-corrected chi connectivity index (χ3v) is 6.22. The van der Waals surface area contributed by atoms with Gasteiger partial charge in [-0.15, -0.1) is 0 Å². The minimum atomic E-state index is 0.411. The van der Waals surface area contributed by atoms with Crippen molar-refractivity contribution in [3.8, 4) is 0 Å². The van der Waals surface area contributed by atoms with Gasteiger partial charge in [0.15, 0.2) is 0 Å². The van der Waals surface area contributed by atoms with Crippen LogP contribution < -0.4 is 5.73 Å². The van der Waals surface area contributed by atoms with Gasteiger partial charge in [-0.1, -0.05) is 0 Å². The smallest absolute Gasteiger partial charge is 0.122 e. The molecule has 18 heteroatoms. The van der Waals surface area contributed by atoms with Crippen molar-refractivity contribution in [3.63, 3.8) is 0 Å². The number of hydrogen-bond donors (Lipinski definition) is 1. The Bertz CT molecular complexity index is 660. The van der Waals surface area contributed by atoms with Crippen molar-refractivity contribution >= 4 is 6.29 Å². The predicted octanol–water partition coefficient (Wildman–Crippen LogP) is -0.200. The highest BCUT2D eigenvalue weighted by Crippen LogP contribution is 1.88. The minimum absolute atomic E-state index is 0.411. The molecule has 0 aromatic heterocycles. The van der Waals surface area contributed by atoms with Crippen molar-refractivity contribution in [3.05, 3.63) is 0 Å². The molecule has 0 fully saturated rings. The lowest BCUT2D eigenvalue weighted by Crippen LogP contribution is -2.16. The number of carbonyl (C=O) groups is 1. The van der Waals surface area contributed by atoms with Gasteiger partial charge in [-0.2, -0.15) is 0 Å². The first-order chi connectivity index (χ1) is 26.4. The normalized spacial score (nSPS) is 11.6. The van der Waals surface area contributed by atoms with Gasteiger partial charge in [0.05, 0.1) is 211 Å². The summed E-state index contributed by atoms with van der Waals surface area (Å²) in [6.07, 6.45) is 1.24. The monoisotopic (exact) mass is 777 g/mol. The molecule has 0 bridgehead atoms. The van der Waals surface area contributed by atoms with Crippen LogP contribution in [0.15, 0.2) is 0 Å². The van der Waals surface area contributed by atoms with E-state index in [1.807, 2.05) is 0 Å². The van der Waals surface area contributed by atoms with Crippen molar-refractivity contribution in [1.29, 1.82) is 0 Å². The average molecular weight is 778 g/mol. The Morgan fingerprint density at radius 1 is 0.226 bits per heavy atom. The third-order valence-electron chi connectivity index (χ3n) is 6.22. The second-order valence-corrected chi connectivity index (χ2v) is 10.5. The summed E-state index contributed by atoms with van der Waals surface area (Å²) in [4.78, 5) is 10.2. The molecule has 0 saturated heterocycles. The molecule has 0 atom stereocenters. The molecule has 0 aromatic carbocycles. The summed E-state index contributed by atoms with van der Waals surface area (Å²) in [5.74, 6) is 0. The number of nitrogens with two attached hydrogens (primary N) is 1. The van der Waals surface area contributed by atoms with Gasteiger partial charge in [0, 0.05) is 13.0 Å². The molecule has 0 aliphatic rings. The maximum Gasteiger partial charge on any atom is 0.122 e. The molecule has 0 saturated carbocycles. The molecule has 0 aliphatic heterocycles. The number of rotatable bonds is 50. The van der Waals surface area contributed by atoms with Crippen LogP contribution in [0.25, 0.3) is 0 Å². The number of hydrogen-bond acceptors (Lipinski definition) is 18. The van der Waals surface area contributed by atoms with Crippen LogP contribution in [-0.2, 0) is 80.6 Å². The van der Waals surface area contributed by atoms with Gasteiger partial charge in [-0.3, -0.25) is 0 Å². The van der Waals surface area contributed by atoms with E-state index in [4.69, 9.17) is 81.5 Å². The zero-order valence-electron chi connectivity index (χ0n) is 32.1. The maximum atomic E-state index is 10.2. The molecule has 0 aromatic rings. The molecular formula is C35H71NO17. The van der Waals surface area contributed by atoms with Gasteiger partial charge in [0.2, 0.25) is 0 Å². The average Bonchev–Trinajstić information content (AvgIpc) is 3.17. The predicted molar refractivity (Wildman–Crippen MR) is 193 cm³/mol. The maximum absolute atomic E-state index is 10.2. The fourth-order valence-corrected chi connectivity index (χ4v) is 3.62. The Morgan fingerprint density at radius 3 is 0.491 bits per heavy atom. The molecule has 0 amide bonds. The Morgan fingerprint density at radius 2 is 0.358 bits per heavy atom. The lowest BCUT2D eigenvalue weighted by Gasteiger charge is -2.09. The van der Waals surface area contributed by atoms with E-state index in [-0.39, 0.29) is 0 Å². The zero-order valence-corrected chi connectivity index (χ0v) is 32.1. The van der Waals surface area contributed by atoms with Crippen LogP contribution in [-0.4, -0.2) is 224 Å². The second kappa shape index (κ2) is 51.0. The summed E-state index contributed by atoms with van der Waals surface area (Å²) < 4.78 is 86.7. The van der Waals surface area contributed by atoms with Crippen LogP contribution >= 0.6 is 0 Å². The van der Waals surface area contributed by atoms with Crippen LogP contribution in [0, 0.1) is 0 Å². The summed E-state index contributed by atoms with van der Waals surface area (Å²) in [6, 6.07) is 0. The van der Waals surface area contributed by atoms with Crippen molar-refractivity contribution < 1.29 is 80.6 Å². The van der Waals surface area contributed by atoms with Crippen LogP contribution in [0.1, 0.15) is 6.42 Å². The van der Waals surface area contributed by atoms with E-state index in [1.165, 1.54) is 0 Å². The first kappa shape index (κ1) is 52.0. The topological polar surface area (TPSA) is 191 Å². The van der Waals surface area contributed by atoms with E-state index < -0.39 is 0 Å². The van der Waals surface area contributed by atoms with E-state index in [0.717, 1.165) is 6.29 Å². The second-order valence-electron chi connectivity index (χ2n) is 10.5. The highest BCUT2D eigenvalue weighted by atomic mass is 16.6. The zero-order chi connectivity index (χ0) is 38.1. The van der Waals surface area contributed by atoms with Crippen molar-refractivity contribution in [2.75, 3.05) is 218 Å². The SMILES string of the molecule is NCCOCCOCCOCCOCCOCCOCCOCCOCCOCCOCCOCCOCCOCCOCCOCCOCCC=O. The van der Waals surface area contributed by atoms with E-state index >= 15 is 0 Å². The van der Waals surface area contributed by atoms with Gasteiger partial charge in [-0.25, -0.2) is 0 Å². The van der Waals surface area contributed by atoms with Crippen LogP contribution in [0.2, 0.25) is 0 Å². The molecule has 0 aliphatic carbocycles.